The molecule has 0 saturated heterocycles. The van der Waals surface area contributed by atoms with Gasteiger partial charge in [0.1, 0.15) is 12.7 Å². The Bertz CT molecular complexity index is 458. The summed E-state index contributed by atoms with van der Waals surface area (Å²) in [6, 6.07) is 9.93. The van der Waals surface area contributed by atoms with Crippen LogP contribution < -0.4 is 5.32 Å². The molecule has 0 aliphatic rings. The standard InChI is InChI=1S/C18H29NO5/c1-18(2,3)19-17(20)24-11-10-23-16(13-21-4)14-22-12-15-8-6-5-7-9-15/h5-9,16H,10-14H2,1-4H3,(H,19,20). The number of nitrogens with one attached hydrogen (secondary N) is 1. The quantitative estimate of drug-likeness (QED) is 0.664. The van der Waals surface area contributed by atoms with Gasteiger partial charge in [-0.25, -0.2) is 4.79 Å². The molecule has 24 heavy (non-hydrogen) atoms. The van der Waals surface area contributed by atoms with Crippen LogP contribution in [0, 0.1) is 0 Å². The van der Waals surface area contributed by atoms with Crippen molar-refractivity contribution in [2.75, 3.05) is 33.5 Å². The zero-order valence-corrected chi connectivity index (χ0v) is 15.0. The Hall–Kier alpha value is -1.63. The molecule has 1 aromatic carbocycles. The summed E-state index contributed by atoms with van der Waals surface area (Å²) < 4.78 is 21.5. The van der Waals surface area contributed by atoms with Crippen LogP contribution in [-0.4, -0.2) is 51.3 Å². The number of ether oxygens (including phenoxy) is 4. The van der Waals surface area contributed by atoms with E-state index < -0.39 is 6.09 Å². The van der Waals surface area contributed by atoms with Gasteiger partial charge < -0.3 is 24.3 Å². The number of benzene rings is 1. The van der Waals surface area contributed by atoms with Gasteiger partial charge in [0.05, 0.1) is 26.4 Å². The molecule has 0 spiro atoms. The molecule has 0 bridgehead atoms. The Kier molecular flexibility index (Phi) is 9.37. The molecule has 0 fully saturated rings. The molecule has 1 atom stereocenters. The lowest BCUT2D eigenvalue weighted by molar-refractivity contribution is -0.0635. The maximum absolute atomic E-state index is 11.5. The minimum atomic E-state index is -0.449. The number of carbonyl (C=O) groups excluding carboxylic acids is 1. The SMILES string of the molecule is COCC(COCc1ccccc1)OCCOC(=O)NC(C)(C)C. The Morgan fingerprint density at radius 2 is 1.83 bits per heavy atom. The second kappa shape index (κ2) is 11.0. The van der Waals surface area contributed by atoms with Crippen LogP contribution in [-0.2, 0) is 25.6 Å². The van der Waals surface area contributed by atoms with Gasteiger partial charge in [0.15, 0.2) is 0 Å². The van der Waals surface area contributed by atoms with Crippen LogP contribution >= 0.6 is 0 Å². The molecule has 6 heteroatoms. The lowest BCUT2D eigenvalue weighted by Gasteiger charge is -2.20. The number of methoxy groups -OCH3 is 1. The van der Waals surface area contributed by atoms with Crippen LogP contribution in [0.4, 0.5) is 4.79 Å². The van der Waals surface area contributed by atoms with Crippen molar-refractivity contribution < 1.29 is 23.7 Å². The summed E-state index contributed by atoms with van der Waals surface area (Å²) >= 11 is 0. The summed E-state index contributed by atoms with van der Waals surface area (Å²) in [7, 11) is 1.61. The van der Waals surface area contributed by atoms with E-state index in [0.717, 1.165) is 5.56 Å². The highest BCUT2D eigenvalue weighted by atomic mass is 16.6. The number of hydrogen-bond acceptors (Lipinski definition) is 5. The van der Waals surface area contributed by atoms with Gasteiger partial charge in [0.25, 0.3) is 0 Å². The van der Waals surface area contributed by atoms with Crippen LogP contribution in [0.5, 0.6) is 0 Å². The van der Waals surface area contributed by atoms with E-state index in [1.807, 2.05) is 51.1 Å². The summed E-state index contributed by atoms with van der Waals surface area (Å²) in [5.41, 5.74) is 0.790. The third-order valence-electron chi connectivity index (χ3n) is 2.91. The molecule has 0 aliphatic heterocycles. The summed E-state index contributed by atoms with van der Waals surface area (Å²) in [5.74, 6) is 0. The van der Waals surface area contributed by atoms with Gasteiger partial charge in [-0.15, -0.1) is 0 Å². The number of carbonyl (C=O) groups is 1. The summed E-state index contributed by atoms with van der Waals surface area (Å²) in [5, 5.41) is 2.72. The van der Waals surface area contributed by atoms with E-state index in [9.17, 15) is 4.79 Å². The zero-order chi connectivity index (χ0) is 17.8. The predicted octanol–water partition coefficient (Wildman–Crippen LogP) is 2.76. The van der Waals surface area contributed by atoms with Crippen LogP contribution in [0.25, 0.3) is 0 Å². The van der Waals surface area contributed by atoms with Crippen molar-refractivity contribution in [1.29, 1.82) is 0 Å². The third kappa shape index (κ3) is 10.2. The Labute approximate surface area is 144 Å². The first-order chi connectivity index (χ1) is 11.4. The normalized spacial score (nSPS) is 12.7. The van der Waals surface area contributed by atoms with E-state index in [0.29, 0.717) is 26.4 Å². The third-order valence-corrected chi connectivity index (χ3v) is 2.91. The van der Waals surface area contributed by atoms with Gasteiger partial charge in [0, 0.05) is 12.6 Å². The molecule has 0 heterocycles. The maximum atomic E-state index is 11.5. The molecule has 6 nitrogen and oxygen atoms in total. The van der Waals surface area contributed by atoms with Crippen molar-refractivity contribution in [2.24, 2.45) is 0 Å². The fourth-order valence-electron chi connectivity index (χ4n) is 1.90. The van der Waals surface area contributed by atoms with Crippen LogP contribution in [0.1, 0.15) is 26.3 Å². The molecule has 1 unspecified atom stereocenters. The van der Waals surface area contributed by atoms with Crippen molar-refractivity contribution in [1.82, 2.24) is 5.32 Å². The van der Waals surface area contributed by atoms with E-state index in [1.165, 1.54) is 0 Å². The Balaban J connectivity index is 2.19. The monoisotopic (exact) mass is 339 g/mol. The molecule has 0 aromatic heterocycles. The Morgan fingerprint density at radius 1 is 1.12 bits per heavy atom. The fourth-order valence-corrected chi connectivity index (χ4v) is 1.90. The number of hydrogen-bond donors (Lipinski definition) is 1. The highest BCUT2D eigenvalue weighted by molar-refractivity contribution is 5.67. The van der Waals surface area contributed by atoms with E-state index in [4.69, 9.17) is 18.9 Å². The second-order valence-corrected chi connectivity index (χ2v) is 6.46. The fraction of sp³-hybridized carbons (Fsp3) is 0.611. The van der Waals surface area contributed by atoms with E-state index in [1.54, 1.807) is 7.11 Å². The molecule has 1 N–H and O–H groups in total. The van der Waals surface area contributed by atoms with Crippen molar-refractivity contribution in [3.63, 3.8) is 0 Å². The molecule has 0 saturated carbocycles. The number of alkyl carbamates (subject to hydrolysis) is 1. The number of rotatable bonds is 10. The first kappa shape index (κ1) is 20.4. The van der Waals surface area contributed by atoms with Crippen LogP contribution in [0.3, 0.4) is 0 Å². The lowest BCUT2D eigenvalue weighted by Crippen LogP contribution is -2.41. The molecule has 0 aliphatic carbocycles. The van der Waals surface area contributed by atoms with E-state index in [2.05, 4.69) is 5.32 Å². The van der Waals surface area contributed by atoms with Gasteiger partial charge in [-0.1, -0.05) is 30.3 Å². The largest absolute Gasteiger partial charge is 0.447 e. The van der Waals surface area contributed by atoms with Gasteiger partial charge in [-0.3, -0.25) is 0 Å². The van der Waals surface area contributed by atoms with Crippen molar-refractivity contribution in [3.05, 3.63) is 35.9 Å². The maximum Gasteiger partial charge on any atom is 0.407 e. The van der Waals surface area contributed by atoms with E-state index >= 15 is 0 Å². The Morgan fingerprint density at radius 3 is 2.46 bits per heavy atom. The minimum Gasteiger partial charge on any atom is -0.447 e. The minimum absolute atomic E-state index is 0.181. The molecule has 1 amide bonds. The van der Waals surface area contributed by atoms with Gasteiger partial charge in [-0.2, -0.15) is 0 Å². The summed E-state index contributed by atoms with van der Waals surface area (Å²) in [6.07, 6.45) is -0.650. The number of amides is 1. The van der Waals surface area contributed by atoms with Crippen molar-refractivity contribution in [2.45, 2.75) is 39.0 Å². The molecule has 136 valence electrons. The molecule has 1 rings (SSSR count). The first-order valence-corrected chi connectivity index (χ1v) is 8.08. The first-order valence-electron chi connectivity index (χ1n) is 8.08. The van der Waals surface area contributed by atoms with Crippen molar-refractivity contribution in [3.8, 4) is 0 Å². The highest BCUT2D eigenvalue weighted by Gasteiger charge is 2.15. The zero-order valence-electron chi connectivity index (χ0n) is 15.0. The van der Waals surface area contributed by atoms with E-state index in [-0.39, 0.29) is 18.2 Å². The summed E-state index contributed by atoms with van der Waals surface area (Å²) in [4.78, 5) is 11.5. The summed E-state index contributed by atoms with van der Waals surface area (Å²) in [6.45, 7) is 7.51. The van der Waals surface area contributed by atoms with Crippen LogP contribution in [0.2, 0.25) is 0 Å². The molecule has 0 radical (unpaired) electrons. The molecular formula is C18H29NO5. The lowest BCUT2D eigenvalue weighted by atomic mass is 10.1. The van der Waals surface area contributed by atoms with Gasteiger partial charge >= 0.3 is 6.09 Å². The molecular weight excluding hydrogens is 310 g/mol. The second-order valence-electron chi connectivity index (χ2n) is 6.46. The van der Waals surface area contributed by atoms with Crippen LogP contribution in [0.15, 0.2) is 30.3 Å². The van der Waals surface area contributed by atoms with Gasteiger partial charge in [0.2, 0.25) is 0 Å². The highest BCUT2D eigenvalue weighted by Crippen LogP contribution is 2.03. The average Bonchev–Trinajstić information content (AvgIpc) is 2.51. The average molecular weight is 339 g/mol. The topological polar surface area (TPSA) is 66.0 Å². The van der Waals surface area contributed by atoms with Gasteiger partial charge in [-0.05, 0) is 26.3 Å². The van der Waals surface area contributed by atoms with Crippen molar-refractivity contribution >= 4 is 6.09 Å². The molecule has 1 aromatic rings. The predicted molar refractivity (Wildman–Crippen MR) is 92.0 cm³/mol. The smallest absolute Gasteiger partial charge is 0.407 e.